The molecule has 1 N–H and O–H groups in total. The van der Waals surface area contributed by atoms with Gasteiger partial charge in [-0.05, 0) is 37.3 Å². The Kier molecular flexibility index (Phi) is 4.00. The maximum Gasteiger partial charge on any atom is 0.128 e. The van der Waals surface area contributed by atoms with Crippen molar-refractivity contribution in [3.05, 3.63) is 46.6 Å². The van der Waals surface area contributed by atoms with Gasteiger partial charge in [-0.3, -0.25) is 0 Å². The number of benzene rings is 1. The van der Waals surface area contributed by atoms with Crippen LogP contribution in [-0.4, -0.2) is 16.3 Å². The molecule has 3 rings (SSSR count). The molecule has 1 aliphatic heterocycles. The van der Waals surface area contributed by atoms with E-state index in [4.69, 9.17) is 5.10 Å². The second-order valence-electron chi connectivity index (χ2n) is 5.94. The number of aryl methyl sites for hydroxylation is 2. The first-order valence-electron chi connectivity index (χ1n) is 8.15. The fourth-order valence-corrected chi connectivity index (χ4v) is 3.29. The van der Waals surface area contributed by atoms with Crippen molar-refractivity contribution in [1.29, 1.82) is 0 Å². The molecule has 1 aromatic carbocycles. The molecule has 0 bridgehead atoms. The van der Waals surface area contributed by atoms with E-state index < -0.39 is 0 Å². The van der Waals surface area contributed by atoms with Gasteiger partial charge in [0, 0.05) is 12.1 Å². The van der Waals surface area contributed by atoms with Gasteiger partial charge in [0.1, 0.15) is 5.82 Å². The highest BCUT2D eigenvalue weighted by Gasteiger charge is 2.25. The highest BCUT2D eigenvalue weighted by molar-refractivity contribution is 5.49. The Labute approximate surface area is 127 Å². The van der Waals surface area contributed by atoms with Crippen molar-refractivity contribution >= 4 is 5.82 Å². The van der Waals surface area contributed by atoms with Gasteiger partial charge in [-0.2, -0.15) is 5.10 Å². The highest BCUT2D eigenvalue weighted by Crippen LogP contribution is 2.32. The fourth-order valence-electron chi connectivity index (χ4n) is 3.29. The summed E-state index contributed by atoms with van der Waals surface area (Å²) in [5.41, 5.74) is 5.33. The van der Waals surface area contributed by atoms with Crippen LogP contribution in [0.5, 0.6) is 0 Å². The van der Waals surface area contributed by atoms with Gasteiger partial charge in [-0.25, -0.2) is 4.68 Å². The molecule has 2 heterocycles. The number of hydrogen-bond donors (Lipinski definition) is 1. The molecule has 0 aliphatic carbocycles. The Bertz CT molecular complexity index is 610. The van der Waals surface area contributed by atoms with Crippen molar-refractivity contribution in [3.63, 3.8) is 0 Å². The molecule has 0 fully saturated rings. The first-order valence-corrected chi connectivity index (χ1v) is 8.15. The van der Waals surface area contributed by atoms with Crippen LogP contribution >= 0.6 is 0 Å². The largest absolute Gasteiger partial charge is 0.370 e. The summed E-state index contributed by atoms with van der Waals surface area (Å²) in [4.78, 5) is 0. The molecule has 21 heavy (non-hydrogen) atoms. The Morgan fingerprint density at radius 3 is 2.67 bits per heavy atom. The normalized spacial score (nSPS) is 17.4. The lowest BCUT2D eigenvalue weighted by Crippen LogP contribution is -2.24. The van der Waals surface area contributed by atoms with Crippen molar-refractivity contribution in [2.75, 3.05) is 11.9 Å². The molecule has 0 amide bonds. The van der Waals surface area contributed by atoms with Gasteiger partial charge in [-0.1, -0.05) is 44.5 Å². The lowest BCUT2D eigenvalue weighted by Gasteiger charge is -2.26. The lowest BCUT2D eigenvalue weighted by atomic mass is 9.99. The smallest absolute Gasteiger partial charge is 0.128 e. The number of hydrogen-bond acceptors (Lipinski definition) is 2. The van der Waals surface area contributed by atoms with Gasteiger partial charge >= 0.3 is 0 Å². The topological polar surface area (TPSA) is 29.9 Å². The molecule has 1 atom stereocenters. The Morgan fingerprint density at radius 2 is 2.00 bits per heavy atom. The van der Waals surface area contributed by atoms with Gasteiger partial charge in [0.2, 0.25) is 0 Å². The van der Waals surface area contributed by atoms with Gasteiger partial charge in [0.15, 0.2) is 0 Å². The van der Waals surface area contributed by atoms with Crippen LogP contribution in [-0.2, 0) is 12.8 Å². The number of anilines is 1. The maximum absolute atomic E-state index is 4.84. The predicted molar refractivity (Wildman–Crippen MR) is 88.0 cm³/mol. The predicted octanol–water partition coefficient (Wildman–Crippen LogP) is 4.11. The summed E-state index contributed by atoms with van der Waals surface area (Å²) in [7, 11) is 0. The third kappa shape index (κ3) is 2.57. The molecule has 1 unspecified atom stereocenters. The Morgan fingerprint density at radius 1 is 1.24 bits per heavy atom. The number of nitrogens with zero attached hydrogens (tertiary/aromatic N) is 2. The third-order valence-electron chi connectivity index (χ3n) is 4.49. The maximum atomic E-state index is 4.84. The molecule has 2 aromatic rings. The average Bonchev–Trinajstić information content (AvgIpc) is 2.85. The summed E-state index contributed by atoms with van der Waals surface area (Å²) in [6.45, 7) is 7.61. The van der Waals surface area contributed by atoms with Crippen LogP contribution in [0.2, 0.25) is 0 Å². The summed E-state index contributed by atoms with van der Waals surface area (Å²) < 4.78 is 2.20. The summed E-state index contributed by atoms with van der Waals surface area (Å²) in [5.74, 6) is 1.21. The van der Waals surface area contributed by atoms with Crippen LogP contribution < -0.4 is 5.32 Å². The molecule has 1 aromatic heterocycles. The zero-order valence-corrected chi connectivity index (χ0v) is 13.3. The van der Waals surface area contributed by atoms with Gasteiger partial charge in [0.25, 0.3) is 0 Å². The molecular weight excluding hydrogens is 258 g/mol. The van der Waals surface area contributed by atoms with Crippen LogP contribution in [0.15, 0.2) is 24.3 Å². The zero-order chi connectivity index (χ0) is 14.8. The standard InChI is InChI=1S/C18H25N3/c1-4-6-14-7-9-15(10-8-14)17-11-12-19-18-13(3)16(5-2)20-21(17)18/h7-10,17,19H,4-6,11-12H2,1-3H3. The number of rotatable bonds is 4. The van der Waals surface area contributed by atoms with E-state index in [-0.39, 0.29) is 0 Å². The molecule has 1 aliphatic rings. The average molecular weight is 283 g/mol. The zero-order valence-electron chi connectivity index (χ0n) is 13.3. The van der Waals surface area contributed by atoms with E-state index >= 15 is 0 Å². The minimum atomic E-state index is 0.371. The monoisotopic (exact) mass is 283 g/mol. The van der Waals surface area contributed by atoms with Crippen LogP contribution in [0.4, 0.5) is 5.82 Å². The quantitative estimate of drug-likeness (QED) is 0.915. The SMILES string of the molecule is CCCc1ccc(C2CCNc3c(C)c(CC)nn32)cc1. The van der Waals surface area contributed by atoms with Crippen molar-refractivity contribution in [1.82, 2.24) is 9.78 Å². The van der Waals surface area contributed by atoms with Crippen molar-refractivity contribution in [2.45, 2.75) is 52.5 Å². The van der Waals surface area contributed by atoms with E-state index in [1.54, 1.807) is 0 Å². The molecule has 112 valence electrons. The van der Waals surface area contributed by atoms with Crippen molar-refractivity contribution in [3.8, 4) is 0 Å². The van der Waals surface area contributed by atoms with E-state index in [0.29, 0.717) is 6.04 Å². The van der Waals surface area contributed by atoms with Crippen molar-refractivity contribution in [2.24, 2.45) is 0 Å². The first kappa shape index (κ1) is 14.2. The van der Waals surface area contributed by atoms with E-state index in [9.17, 15) is 0 Å². The van der Waals surface area contributed by atoms with Crippen LogP contribution in [0.1, 0.15) is 55.1 Å². The second-order valence-corrected chi connectivity index (χ2v) is 5.94. The molecule has 0 saturated heterocycles. The van der Waals surface area contributed by atoms with Gasteiger partial charge in [-0.15, -0.1) is 0 Å². The molecule has 3 nitrogen and oxygen atoms in total. The van der Waals surface area contributed by atoms with Crippen LogP contribution in [0.3, 0.4) is 0 Å². The minimum Gasteiger partial charge on any atom is -0.370 e. The fraction of sp³-hybridized carbons (Fsp3) is 0.500. The van der Waals surface area contributed by atoms with Crippen LogP contribution in [0, 0.1) is 6.92 Å². The third-order valence-corrected chi connectivity index (χ3v) is 4.49. The second kappa shape index (κ2) is 5.92. The van der Waals surface area contributed by atoms with E-state index in [1.165, 1.54) is 41.0 Å². The van der Waals surface area contributed by atoms with E-state index in [0.717, 1.165) is 19.4 Å². The summed E-state index contributed by atoms with van der Waals surface area (Å²) >= 11 is 0. The molecule has 0 spiro atoms. The summed E-state index contributed by atoms with van der Waals surface area (Å²) in [6.07, 6.45) is 4.47. The Balaban J connectivity index is 1.94. The highest BCUT2D eigenvalue weighted by atomic mass is 15.4. The van der Waals surface area contributed by atoms with Crippen LogP contribution in [0.25, 0.3) is 0 Å². The van der Waals surface area contributed by atoms with Gasteiger partial charge < -0.3 is 5.32 Å². The van der Waals surface area contributed by atoms with Gasteiger partial charge in [0.05, 0.1) is 11.7 Å². The Hall–Kier alpha value is -1.77. The lowest BCUT2D eigenvalue weighted by molar-refractivity contribution is 0.478. The minimum absolute atomic E-state index is 0.371. The molecular formula is C18H25N3. The molecule has 3 heteroatoms. The summed E-state index contributed by atoms with van der Waals surface area (Å²) in [6, 6.07) is 9.49. The summed E-state index contributed by atoms with van der Waals surface area (Å²) in [5, 5.41) is 8.36. The number of nitrogens with one attached hydrogen (secondary N) is 1. The van der Waals surface area contributed by atoms with Crippen molar-refractivity contribution < 1.29 is 0 Å². The number of aromatic nitrogens is 2. The first-order chi connectivity index (χ1) is 10.2. The number of fused-ring (bicyclic) bond motifs is 1. The molecule has 0 radical (unpaired) electrons. The molecule has 0 saturated carbocycles. The van der Waals surface area contributed by atoms with E-state index in [1.807, 2.05) is 0 Å². The van der Waals surface area contributed by atoms with E-state index in [2.05, 4.69) is 55.0 Å².